The highest BCUT2D eigenvalue weighted by molar-refractivity contribution is 6.06. The molecule has 1 aliphatic rings. The lowest BCUT2D eigenvalue weighted by atomic mass is 10.1. The van der Waals surface area contributed by atoms with Crippen LogP contribution in [0.2, 0.25) is 0 Å². The summed E-state index contributed by atoms with van der Waals surface area (Å²) < 4.78 is 5.55. The average Bonchev–Trinajstić information content (AvgIpc) is 2.47. The molecule has 3 rings (SSSR count). The van der Waals surface area contributed by atoms with Crippen LogP contribution in [-0.2, 0) is 0 Å². The number of nitrogens with zero attached hydrogens (tertiary/aromatic N) is 2. The SMILES string of the molecule is O=C(Nc1cccnn1)c1cccc2c1OCCN2. The molecule has 2 heterocycles. The molecule has 0 radical (unpaired) electrons. The van der Waals surface area contributed by atoms with Gasteiger partial charge in [-0.3, -0.25) is 4.79 Å². The Kier molecular flexibility index (Phi) is 2.97. The van der Waals surface area contributed by atoms with Gasteiger partial charge < -0.3 is 15.4 Å². The van der Waals surface area contributed by atoms with Gasteiger partial charge in [0.05, 0.1) is 11.3 Å². The molecule has 1 aromatic heterocycles. The van der Waals surface area contributed by atoms with E-state index in [-0.39, 0.29) is 5.91 Å². The van der Waals surface area contributed by atoms with E-state index < -0.39 is 0 Å². The highest BCUT2D eigenvalue weighted by atomic mass is 16.5. The summed E-state index contributed by atoms with van der Waals surface area (Å²) in [6.07, 6.45) is 1.55. The number of anilines is 2. The van der Waals surface area contributed by atoms with Gasteiger partial charge in [-0.05, 0) is 24.3 Å². The molecular weight excluding hydrogens is 244 g/mol. The van der Waals surface area contributed by atoms with Crippen molar-refractivity contribution in [3.8, 4) is 5.75 Å². The van der Waals surface area contributed by atoms with Crippen LogP contribution in [0.5, 0.6) is 5.75 Å². The number of aromatic nitrogens is 2. The second-order valence-electron chi connectivity index (χ2n) is 4.02. The zero-order chi connectivity index (χ0) is 13.1. The summed E-state index contributed by atoms with van der Waals surface area (Å²) in [5.41, 5.74) is 1.31. The molecule has 6 nitrogen and oxygen atoms in total. The zero-order valence-corrected chi connectivity index (χ0v) is 10.1. The molecule has 0 saturated heterocycles. The van der Waals surface area contributed by atoms with Crippen molar-refractivity contribution in [2.45, 2.75) is 0 Å². The fourth-order valence-electron chi connectivity index (χ4n) is 1.90. The van der Waals surface area contributed by atoms with E-state index in [1.54, 1.807) is 24.4 Å². The van der Waals surface area contributed by atoms with E-state index >= 15 is 0 Å². The molecule has 0 bridgehead atoms. The van der Waals surface area contributed by atoms with E-state index in [9.17, 15) is 4.79 Å². The van der Waals surface area contributed by atoms with Crippen LogP contribution in [0.25, 0.3) is 0 Å². The van der Waals surface area contributed by atoms with E-state index in [1.165, 1.54) is 0 Å². The van der Waals surface area contributed by atoms with Gasteiger partial charge in [0, 0.05) is 12.7 Å². The summed E-state index contributed by atoms with van der Waals surface area (Å²) in [7, 11) is 0. The van der Waals surface area contributed by atoms with Crippen LogP contribution in [0.4, 0.5) is 11.5 Å². The van der Waals surface area contributed by atoms with Crippen molar-refractivity contribution in [2.24, 2.45) is 0 Å². The Balaban J connectivity index is 1.88. The monoisotopic (exact) mass is 256 g/mol. The minimum atomic E-state index is -0.263. The van der Waals surface area contributed by atoms with Gasteiger partial charge in [-0.2, -0.15) is 5.10 Å². The first-order valence-corrected chi connectivity index (χ1v) is 5.93. The Labute approximate surface area is 109 Å². The van der Waals surface area contributed by atoms with Crippen LogP contribution in [0.3, 0.4) is 0 Å². The van der Waals surface area contributed by atoms with Crippen molar-refractivity contribution in [2.75, 3.05) is 23.8 Å². The lowest BCUT2D eigenvalue weighted by Gasteiger charge is -2.21. The van der Waals surface area contributed by atoms with Crippen LogP contribution >= 0.6 is 0 Å². The summed E-state index contributed by atoms with van der Waals surface area (Å²) >= 11 is 0. The molecule has 0 aliphatic carbocycles. The highest BCUT2D eigenvalue weighted by Crippen LogP contribution is 2.31. The predicted octanol–water partition coefficient (Wildman–Crippen LogP) is 1.53. The Morgan fingerprint density at radius 3 is 3.11 bits per heavy atom. The largest absolute Gasteiger partial charge is 0.489 e. The van der Waals surface area contributed by atoms with Crippen molar-refractivity contribution in [1.82, 2.24) is 10.2 Å². The Bertz CT molecular complexity index is 601. The number of para-hydroxylation sites is 1. The first-order valence-electron chi connectivity index (χ1n) is 5.93. The molecule has 6 heteroatoms. The van der Waals surface area contributed by atoms with Gasteiger partial charge >= 0.3 is 0 Å². The first kappa shape index (κ1) is 11.5. The molecule has 0 fully saturated rings. The smallest absolute Gasteiger partial charge is 0.260 e. The molecule has 0 atom stereocenters. The second-order valence-corrected chi connectivity index (χ2v) is 4.02. The molecule has 0 unspecified atom stereocenters. The molecular formula is C13H12N4O2. The third-order valence-electron chi connectivity index (χ3n) is 2.74. The maximum Gasteiger partial charge on any atom is 0.260 e. The number of carbonyl (C=O) groups is 1. The van der Waals surface area contributed by atoms with Gasteiger partial charge in [-0.1, -0.05) is 6.07 Å². The minimum absolute atomic E-state index is 0.263. The number of hydrogen-bond acceptors (Lipinski definition) is 5. The normalized spacial score (nSPS) is 12.8. The predicted molar refractivity (Wildman–Crippen MR) is 70.4 cm³/mol. The highest BCUT2D eigenvalue weighted by Gasteiger charge is 2.19. The van der Waals surface area contributed by atoms with Crippen LogP contribution in [0, 0.1) is 0 Å². The molecule has 1 aromatic carbocycles. The number of fused-ring (bicyclic) bond motifs is 1. The van der Waals surface area contributed by atoms with Crippen LogP contribution in [0.1, 0.15) is 10.4 Å². The Hall–Kier alpha value is -2.63. The summed E-state index contributed by atoms with van der Waals surface area (Å²) in [6, 6.07) is 8.80. The molecule has 2 N–H and O–H groups in total. The summed E-state index contributed by atoms with van der Waals surface area (Å²) in [4.78, 5) is 12.2. The molecule has 1 aliphatic heterocycles. The van der Waals surface area contributed by atoms with E-state index in [0.29, 0.717) is 23.7 Å². The standard InChI is InChI=1S/C13H12N4O2/c18-13(16-11-5-2-6-15-17-11)9-3-1-4-10-12(9)19-8-7-14-10/h1-6,14H,7-8H2,(H,16,17,18). The third-order valence-corrected chi connectivity index (χ3v) is 2.74. The van der Waals surface area contributed by atoms with Crippen LogP contribution < -0.4 is 15.4 Å². The first-order chi connectivity index (χ1) is 9.34. The number of nitrogens with one attached hydrogen (secondary N) is 2. The lowest BCUT2D eigenvalue weighted by Crippen LogP contribution is -2.22. The number of benzene rings is 1. The van der Waals surface area contributed by atoms with E-state index in [0.717, 1.165) is 12.2 Å². The zero-order valence-electron chi connectivity index (χ0n) is 10.1. The van der Waals surface area contributed by atoms with Crippen LogP contribution in [-0.4, -0.2) is 29.3 Å². The number of amides is 1. The molecule has 96 valence electrons. The van der Waals surface area contributed by atoms with Gasteiger partial charge in [0.2, 0.25) is 0 Å². The third kappa shape index (κ3) is 2.33. The molecule has 1 amide bonds. The van der Waals surface area contributed by atoms with Crippen molar-refractivity contribution in [1.29, 1.82) is 0 Å². The van der Waals surface area contributed by atoms with E-state index in [4.69, 9.17) is 4.74 Å². The van der Waals surface area contributed by atoms with E-state index in [2.05, 4.69) is 20.8 Å². The van der Waals surface area contributed by atoms with E-state index in [1.807, 2.05) is 12.1 Å². The Morgan fingerprint density at radius 2 is 2.26 bits per heavy atom. The van der Waals surface area contributed by atoms with Crippen LogP contribution in [0.15, 0.2) is 36.5 Å². The summed E-state index contributed by atoms with van der Waals surface area (Å²) in [5, 5.41) is 13.4. The molecule has 0 saturated carbocycles. The molecule has 2 aromatic rings. The quantitative estimate of drug-likeness (QED) is 0.852. The molecule has 19 heavy (non-hydrogen) atoms. The van der Waals surface area contributed by atoms with Gasteiger partial charge in [0.25, 0.3) is 5.91 Å². The lowest BCUT2D eigenvalue weighted by molar-refractivity contribution is 0.102. The second kappa shape index (κ2) is 4.93. The van der Waals surface area contributed by atoms with Crippen molar-refractivity contribution >= 4 is 17.4 Å². The topological polar surface area (TPSA) is 76.1 Å². The summed E-state index contributed by atoms with van der Waals surface area (Å²) in [5.74, 6) is 0.727. The Morgan fingerprint density at radius 1 is 1.32 bits per heavy atom. The maximum atomic E-state index is 12.2. The maximum absolute atomic E-state index is 12.2. The molecule has 0 spiro atoms. The van der Waals surface area contributed by atoms with Gasteiger partial charge in [0.15, 0.2) is 11.6 Å². The van der Waals surface area contributed by atoms with Crippen molar-refractivity contribution in [3.63, 3.8) is 0 Å². The average molecular weight is 256 g/mol. The number of rotatable bonds is 2. The fourth-order valence-corrected chi connectivity index (χ4v) is 1.90. The van der Waals surface area contributed by atoms with Crippen molar-refractivity contribution in [3.05, 3.63) is 42.1 Å². The summed E-state index contributed by atoms with van der Waals surface area (Å²) in [6.45, 7) is 1.28. The number of carbonyl (C=O) groups excluding carboxylic acids is 1. The fraction of sp³-hybridized carbons (Fsp3) is 0.154. The minimum Gasteiger partial charge on any atom is -0.489 e. The number of ether oxygens (including phenoxy) is 1. The van der Waals surface area contributed by atoms with Gasteiger partial charge in [-0.15, -0.1) is 5.10 Å². The van der Waals surface area contributed by atoms with Gasteiger partial charge in [0.1, 0.15) is 6.61 Å². The number of hydrogen-bond donors (Lipinski definition) is 2. The van der Waals surface area contributed by atoms with Crippen molar-refractivity contribution < 1.29 is 9.53 Å². The van der Waals surface area contributed by atoms with Gasteiger partial charge in [-0.25, -0.2) is 0 Å².